The fourth-order valence-corrected chi connectivity index (χ4v) is 6.05. The zero-order valence-electron chi connectivity index (χ0n) is 28.0. The summed E-state index contributed by atoms with van der Waals surface area (Å²) in [6, 6.07) is 0. The van der Waals surface area contributed by atoms with Crippen molar-refractivity contribution in [2.24, 2.45) is 0 Å². The molecule has 42 heavy (non-hydrogen) atoms. The fourth-order valence-electron chi connectivity index (χ4n) is 6.05. The van der Waals surface area contributed by atoms with Crippen LogP contribution in [0.4, 0.5) is 0 Å². The molecule has 0 aromatic carbocycles. The molecule has 0 radical (unpaired) electrons. The summed E-state index contributed by atoms with van der Waals surface area (Å²) in [7, 11) is 0. The molecule has 0 spiro atoms. The van der Waals surface area contributed by atoms with E-state index >= 15 is 0 Å². The summed E-state index contributed by atoms with van der Waals surface area (Å²) in [6.45, 7) is 10.7. The van der Waals surface area contributed by atoms with Gasteiger partial charge in [-0.05, 0) is 65.2 Å². The van der Waals surface area contributed by atoms with Crippen molar-refractivity contribution in [3.63, 3.8) is 0 Å². The number of hydrogen-bond donors (Lipinski definition) is 0. The van der Waals surface area contributed by atoms with Crippen LogP contribution in [0.2, 0.25) is 0 Å². The SMILES string of the molecule is C1CCCCCCCCC1.C=C(C)C(=O)OC1CCCCCCCCC1.C=C(C)C(=O)OC1CCCCCCCCC1. The van der Waals surface area contributed by atoms with Crippen molar-refractivity contribution in [2.75, 3.05) is 0 Å². The van der Waals surface area contributed by atoms with Crippen molar-refractivity contribution in [3.05, 3.63) is 24.3 Å². The molecule has 0 bridgehead atoms. The van der Waals surface area contributed by atoms with Crippen molar-refractivity contribution >= 4 is 11.9 Å². The van der Waals surface area contributed by atoms with Crippen LogP contribution in [0.15, 0.2) is 24.3 Å². The third-order valence-corrected chi connectivity index (χ3v) is 8.85. The van der Waals surface area contributed by atoms with Crippen molar-refractivity contribution in [1.82, 2.24) is 0 Å². The average molecular weight is 589 g/mol. The predicted octanol–water partition coefficient (Wildman–Crippen LogP) is 11.9. The van der Waals surface area contributed by atoms with E-state index in [9.17, 15) is 9.59 Å². The van der Waals surface area contributed by atoms with Crippen molar-refractivity contribution in [1.29, 1.82) is 0 Å². The van der Waals surface area contributed by atoms with Gasteiger partial charge in [0.1, 0.15) is 12.2 Å². The third kappa shape index (κ3) is 22.9. The normalized spacial score (nSPS) is 21.0. The second-order valence-electron chi connectivity index (χ2n) is 13.3. The van der Waals surface area contributed by atoms with Crippen LogP contribution in [0.25, 0.3) is 0 Å². The smallest absolute Gasteiger partial charge is 0.333 e. The van der Waals surface area contributed by atoms with Crippen LogP contribution in [0.5, 0.6) is 0 Å². The number of rotatable bonds is 4. The molecule has 3 rings (SSSR count). The first-order valence-corrected chi connectivity index (χ1v) is 18.1. The van der Waals surface area contributed by atoms with Gasteiger partial charge in [-0.3, -0.25) is 0 Å². The Balaban J connectivity index is 0.000000324. The number of carbonyl (C=O) groups is 2. The lowest BCUT2D eigenvalue weighted by Gasteiger charge is -2.19. The standard InChI is InChI=1S/2C14H24O2.C10H20/c2*1-12(2)14(15)16-13-10-8-6-4-3-5-7-9-11-13;1-2-4-6-8-10-9-7-5-3-1/h2*13H,1,3-11H2,2H3;1-10H2. The lowest BCUT2D eigenvalue weighted by molar-refractivity contribution is -0.146. The first-order valence-electron chi connectivity index (χ1n) is 18.1. The van der Waals surface area contributed by atoms with Gasteiger partial charge in [0.05, 0.1) is 0 Å². The first kappa shape index (κ1) is 38.4. The number of carbonyl (C=O) groups excluding carboxylic acids is 2. The molecular weight excluding hydrogens is 520 g/mol. The first-order chi connectivity index (χ1) is 20.4. The van der Waals surface area contributed by atoms with Crippen LogP contribution in [0.3, 0.4) is 0 Å². The van der Waals surface area contributed by atoms with Gasteiger partial charge in [-0.1, -0.05) is 142 Å². The van der Waals surface area contributed by atoms with E-state index in [2.05, 4.69) is 13.2 Å². The second-order valence-corrected chi connectivity index (χ2v) is 13.3. The minimum absolute atomic E-state index is 0.127. The third-order valence-electron chi connectivity index (χ3n) is 8.85. The van der Waals surface area contributed by atoms with Gasteiger partial charge < -0.3 is 9.47 Å². The maximum Gasteiger partial charge on any atom is 0.333 e. The van der Waals surface area contributed by atoms with Gasteiger partial charge in [0, 0.05) is 11.1 Å². The van der Waals surface area contributed by atoms with E-state index in [1.54, 1.807) is 13.8 Å². The highest BCUT2D eigenvalue weighted by Gasteiger charge is 2.16. The van der Waals surface area contributed by atoms with E-state index in [4.69, 9.17) is 9.47 Å². The summed E-state index contributed by atoms with van der Waals surface area (Å²) in [5, 5.41) is 0. The molecule has 4 nitrogen and oxygen atoms in total. The van der Waals surface area contributed by atoms with Crippen LogP contribution in [-0.2, 0) is 19.1 Å². The molecule has 3 saturated carbocycles. The van der Waals surface area contributed by atoms with Crippen molar-refractivity contribution in [2.45, 2.75) is 206 Å². The Kier molecular flexibility index (Phi) is 24.7. The lowest BCUT2D eigenvalue weighted by Crippen LogP contribution is -2.19. The maximum atomic E-state index is 11.4. The molecule has 0 aromatic rings. The predicted molar refractivity (Wildman–Crippen MR) is 179 cm³/mol. The Bertz CT molecular complexity index is 609. The van der Waals surface area contributed by atoms with E-state index in [-0.39, 0.29) is 24.1 Å². The Morgan fingerprint density at radius 3 is 0.714 bits per heavy atom. The van der Waals surface area contributed by atoms with Gasteiger partial charge in [0.25, 0.3) is 0 Å². The minimum Gasteiger partial charge on any atom is -0.459 e. The molecule has 0 heterocycles. The topological polar surface area (TPSA) is 52.6 Å². The van der Waals surface area contributed by atoms with Gasteiger partial charge in [-0.15, -0.1) is 0 Å². The van der Waals surface area contributed by atoms with E-state index in [1.165, 1.54) is 154 Å². The van der Waals surface area contributed by atoms with Gasteiger partial charge in [-0.25, -0.2) is 9.59 Å². The van der Waals surface area contributed by atoms with Crippen molar-refractivity contribution in [3.8, 4) is 0 Å². The zero-order valence-corrected chi connectivity index (χ0v) is 28.0. The maximum absolute atomic E-state index is 11.4. The van der Waals surface area contributed by atoms with Crippen LogP contribution in [0, 0.1) is 0 Å². The van der Waals surface area contributed by atoms with Gasteiger partial charge in [0.15, 0.2) is 0 Å². The molecule has 0 saturated heterocycles. The van der Waals surface area contributed by atoms with Crippen LogP contribution < -0.4 is 0 Å². The Morgan fingerprint density at radius 1 is 0.381 bits per heavy atom. The second kappa shape index (κ2) is 27.0. The zero-order chi connectivity index (χ0) is 30.7. The van der Waals surface area contributed by atoms with E-state index < -0.39 is 0 Å². The van der Waals surface area contributed by atoms with Crippen LogP contribution in [0.1, 0.15) is 194 Å². The van der Waals surface area contributed by atoms with Crippen LogP contribution >= 0.6 is 0 Å². The molecule has 3 fully saturated rings. The summed E-state index contributed by atoms with van der Waals surface area (Å²) >= 11 is 0. The highest BCUT2D eigenvalue weighted by molar-refractivity contribution is 5.87. The lowest BCUT2D eigenvalue weighted by atomic mass is 9.99. The minimum atomic E-state index is -0.220. The van der Waals surface area contributed by atoms with Gasteiger partial charge in [-0.2, -0.15) is 0 Å². The summed E-state index contributed by atoms with van der Waals surface area (Å²) in [5.74, 6) is -0.441. The molecule has 4 heteroatoms. The number of esters is 2. The monoisotopic (exact) mass is 589 g/mol. The Morgan fingerprint density at radius 2 is 0.548 bits per heavy atom. The summed E-state index contributed by atoms with van der Waals surface area (Å²) in [6.07, 6.45) is 37.3. The van der Waals surface area contributed by atoms with Crippen LogP contribution in [-0.4, -0.2) is 24.1 Å². The fraction of sp³-hybridized carbons (Fsp3) is 0.842. The summed E-state index contributed by atoms with van der Waals surface area (Å²) in [4.78, 5) is 22.9. The van der Waals surface area contributed by atoms with Crippen molar-refractivity contribution < 1.29 is 19.1 Å². The highest BCUT2D eigenvalue weighted by Crippen LogP contribution is 2.21. The Hall–Kier alpha value is -1.58. The quantitative estimate of drug-likeness (QED) is 0.242. The summed E-state index contributed by atoms with van der Waals surface area (Å²) in [5.41, 5.74) is 1.02. The average Bonchev–Trinajstić information content (AvgIpc) is 2.99. The van der Waals surface area contributed by atoms with Gasteiger partial charge >= 0.3 is 11.9 Å². The molecule has 3 aliphatic rings. The number of ether oxygens (including phenoxy) is 2. The molecule has 0 amide bonds. The molecule has 0 unspecified atom stereocenters. The van der Waals surface area contributed by atoms with E-state index in [0.717, 1.165) is 25.7 Å². The molecular formula is C38H68O4. The molecule has 0 atom stereocenters. The molecule has 0 aliphatic heterocycles. The number of hydrogen-bond acceptors (Lipinski definition) is 4. The van der Waals surface area contributed by atoms with E-state index in [1.807, 2.05) is 0 Å². The molecule has 244 valence electrons. The van der Waals surface area contributed by atoms with Gasteiger partial charge in [0.2, 0.25) is 0 Å². The summed E-state index contributed by atoms with van der Waals surface area (Å²) < 4.78 is 10.9. The molecule has 3 aliphatic carbocycles. The molecule has 0 N–H and O–H groups in total. The highest BCUT2D eigenvalue weighted by atomic mass is 16.5. The molecule has 0 aromatic heterocycles. The van der Waals surface area contributed by atoms with E-state index in [0.29, 0.717) is 11.1 Å². The Labute approximate surface area is 260 Å². The largest absolute Gasteiger partial charge is 0.459 e.